The summed E-state index contributed by atoms with van der Waals surface area (Å²) >= 11 is 0. The highest BCUT2D eigenvalue weighted by Crippen LogP contribution is 2.19. The molecule has 0 aliphatic carbocycles. The summed E-state index contributed by atoms with van der Waals surface area (Å²) in [6.07, 6.45) is 0.989. The van der Waals surface area contributed by atoms with Gasteiger partial charge in [-0.2, -0.15) is 0 Å². The maximum Gasteiger partial charge on any atom is 0.272 e. The third kappa shape index (κ3) is 3.32. The first-order valence-corrected chi connectivity index (χ1v) is 6.72. The van der Waals surface area contributed by atoms with Crippen LogP contribution in [0.5, 0.6) is 0 Å². The van der Waals surface area contributed by atoms with Crippen molar-refractivity contribution in [2.45, 2.75) is 13.0 Å². The third-order valence-electron chi connectivity index (χ3n) is 3.44. The first kappa shape index (κ1) is 15.7. The number of benzene rings is 1. The Hall–Kier alpha value is -2.67. The van der Waals surface area contributed by atoms with Crippen LogP contribution in [0.1, 0.15) is 27.7 Å². The van der Waals surface area contributed by atoms with E-state index in [1.165, 1.54) is 18.2 Å². The van der Waals surface area contributed by atoms with Gasteiger partial charge in [0, 0.05) is 42.7 Å². The molecule has 1 aromatic carbocycles. The Labute approximate surface area is 127 Å². The zero-order chi connectivity index (χ0) is 16.3. The van der Waals surface area contributed by atoms with Crippen molar-refractivity contribution < 1.29 is 14.8 Å². The number of carbonyl (C=O) groups is 1. The average Bonchev–Trinajstić information content (AvgIpc) is 2.90. The number of aliphatic hydroxyl groups is 1. The molecule has 0 fully saturated rings. The van der Waals surface area contributed by atoms with Gasteiger partial charge in [0.15, 0.2) is 0 Å². The monoisotopic (exact) mass is 303 g/mol. The minimum atomic E-state index is -0.817. The average molecular weight is 303 g/mol. The number of nitrogens with one attached hydrogen (secondary N) is 1. The summed E-state index contributed by atoms with van der Waals surface area (Å²) in [5.74, 6) is -0.383. The minimum absolute atomic E-state index is 0.0274. The second-order valence-corrected chi connectivity index (χ2v) is 5.03. The summed E-state index contributed by atoms with van der Waals surface area (Å²) in [4.78, 5) is 22.3. The van der Waals surface area contributed by atoms with Crippen LogP contribution in [-0.2, 0) is 7.05 Å². The first-order chi connectivity index (χ1) is 10.4. The second-order valence-electron chi connectivity index (χ2n) is 5.03. The zero-order valence-electron chi connectivity index (χ0n) is 12.3. The first-order valence-electron chi connectivity index (χ1n) is 6.72. The maximum atomic E-state index is 12.0. The van der Waals surface area contributed by atoms with Gasteiger partial charge in [0.25, 0.3) is 11.6 Å². The van der Waals surface area contributed by atoms with Crippen LogP contribution in [0, 0.1) is 17.0 Å². The molecule has 0 aliphatic rings. The van der Waals surface area contributed by atoms with E-state index in [0.717, 1.165) is 0 Å². The lowest BCUT2D eigenvalue weighted by Gasteiger charge is -2.13. The van der Waals surface area contributed by atoms with Gasteiger partial charge in [-0.15, -0.1) is 0 Å². The predicted molar refractivity (Wildman–Crippen MR) is 80.5 cm³/mol. The van der Waals surface area contributed by atoms with Gasteiger partial charge in [-0.3, -0.25) is 14.9 Å². The molecular weight excluding hydrogens is 286 g/mol. The van der Waals surface area contributed by atoms with Crippen LogP contribution in [0.25, 0.3) is 0 Å². The van der Waals surface area contributed by atoms with Crippen LogP contribution in [0.4, 0.5) is 5.69 Å². The molecule has 1 amide bonds. The van der Waals surface area contributed by atoms with E-state index in [9.17, 15) is 20.0 Å². The zero-order valence-corrected chi connectivity index (χ0v) is 12.3. The number of carbonyl (C=O) groups excluding carboxylic acids is 1. The van der Waals surface area contributed by atoms with E-state index in [-0.39, 0.29) is 18.1 Å². The number of aromatic nitrogens is 1. The number of hydrogen-bond donors (Lipinski definition) is 2. The highest BCUT2D eigenvalue weighted by atomic mass is 16.6. The number of hydrogen-bond acceptors (Lipinski definition) is 4. The van der Waals surface area contributed by atoms with Crippen molar-refractivity contribution in [2.75, 3.05) is 6.54 Å². The number of nitro benzene ring substituents is 1. The molecule has 1 unspecified atom stereocenters. The van der Waals surface area contributed by atoms with Crippen molar-refractivity contribution in [3.05, 3.63) is 63.5 Å². The Kier molecular flexibility index (Phi) is 4.57. The Balaban J connectivity index is 2.02. The van der Waals surface area contributed by atoms with Gasteiger partial charge in [0.1, 0.15) is 6.10 Å². The highest BCUT2D eigenvalue weighted by molar-refractivity contribution is 5.94. The molecular formula is C15H17N3O4. The van der Waals surface area contributed by atoms with Crippen LogP contribution in [0.2, 0.25) is 0 Å². The molecule has 0 saturated heterocycles. The Morgan fingerprint density at radius 3 is 2.73 bits per heavy atom. The van der Waals surface area contributed by atoms with Gasteiger partial charge >= 0.3 is 0 Å². The molecule has 0 saturated carbocycles. The summed E-state index contributed by atoms with van der Waals surface area (Å²) in [7, 11) is 1.81. The van der Waals surface area contributed by atoms with Crippen LogP contribution < -0.4 is 5.32 Å². The van der Waals surface area contributed by atoms with Gasteiger partial charge in [0.05, 0.1) is 4.92 Å². The van der Waals surface area contributed by atoms with Crippen LogP contribution >= 0.6 is 0 Å². The fourth-order valence-electron chi connectivity index (χ4n) is 2.22. The summed E-state index contributed by atoms with van der Waals surface area (Å²) in [6, 6.07) is 7.74. The van der Waals surface area contributed by atoms with Crippen molar-refractivity contribution >= 4 is 11.6 Å². The number of nitro groups is 1. The van der Waals surface area contributed by atoms with Gasteiger partial charge in [0.2, 0.25) is 0 Å². The van der Waals surface area contributed by atoms with Gasteiger partial charge in [-0.05, 0) is 31.2 Å². The molecule has 0 spiro atoms. The van der Waals surface area contributed by atoms with Crippen LogP contribution in [-0.4, -0.2) is 27.0 Å². The number of amides is 1. The van der Waals surface area contributed by atoms with E-state index in [1.54, 1.807) is 36.9 Å². The highest BCUT2D eigenvalue weighted by Gasteiger charge is 2.16. The SMILES string of the molecule is Cc1cc(C(=O)NCC(O)c2cccn2C)ccc1[N+](=O)[O-]. The summed E-state index contributed by atoms with van der Waals surface area (Å²) in [5.41, 5.74) is 1.41. The Morgan fingerprint density at radius 2 is 2.18 bits per heavy atom. The van der Waals surface area contributed by atoms with E-state index in [0.29, 0.717) is 16.8 Å². The standard InChI is InChI=1S/C15H17N3O4/c1-10-8-11(5-6-12(10)18(21)22)15(20)16-9-14(19)13-4-3-7-17(13)2/h3-8,14,19H,9H2,1-2H3,(H,16,20). The topological polar surface area (TPSA) is 97.4 Å². The molecule has 2 rings (SSSR count). The number of aryl methyl sites for hydroxylation is 2. The van der Waals surface area contributed by atoms with E-state index in [2.05, 4.69) is 5.32 Å². The van der Waals surface area contributed by atoms with Gasteiger partial charge in [-0.1, -0.05) is 0 Å². The Bertz CT molecular complexity index is 709. The molecule has 2 N–H and O–H groups in total. The number of nitrogens with zero attached hydrogens (tertiary/aromatic N) is 2. The lowest BCUT2D eigenvalue weighted by Crippen LogP contribution is -2.29. The molecule has 7 nitrogen and oxygen atoms in total. The fourth-order valence-corrected chi connectivity index (χ4v) is 2.22. The molecule has 1 atom stereocenters. The van der Waals surface area contributed by atoms with E-state index >= 15 is 0 Å². The van der Waals surface area contributed by atoms with Crippen molar-refractivity contribution in [2.24, 2.45) is 7.05 Å². The second kappa shape index (κ2) is 6.40. The van der Waals surface area contributed by atoms with Gasteiger partial charge < -0.3 is 15.0 Å². The van der Waals surface area contributed by atoms with E-state index in [1.807, 2.05) is 0 Å². The quantitative estimate of drug-likeness (QED) is 0.649. The lowest BCUT2D eigenvalue weighted by atomic mass is 10.1. The molecule has 2 aromatic rings. The summed E-state index contributed by atoms with van der Waals surface area (Å²) in [5, 5.41) is 23.4. The predicted octanol–water partition coefficient (Wildman–Crippen LogP) is 1.71. The van der Waals surface area contributed by atoms with Crippen molar-refractivity contribution in [3.63, 3.8) is 0 Å². The van der Waals surface area contributed by atoms with E-state index < -0.39 is 11.0 Å². The number of aliphatic hydroxyl groups excluding tert-OH is 1. The van der Waals surface area contributed by atoms with Crippen LogP contribution in [0.3, 0.4) is 0 Å². The lowest BCUT2D eigenvalue weighted by molar-refractivity contribution is -0.385. The smallest absolute Gasteiger partial charge is 0.272 e. The van der Waals surface area contributed by atoms with Crippen LogP contribution in [0.15, 0.2) is 36.5 Å². The molecule has 0 bridgehead atoms. The largest absolute Gasteiger partial charge is 0.385 e. The third-order valence-corrected chi connectivity index (χ3v) is 3.44. The summed E-state index contributed by atoms with van der Waals surface area (Å²) in [6.45, 7) is 1.64. The maximum absolute atomic E-state index is 12.0. The molecule has 0 radical (unpaired) electrons. The van der Waals surface area contributed by atoms with Gasteiger partial charge in [-0.25, -0.2) is 0 Å². The van der Waals surface area contributed by atoms with Crippen molar-refractivity contribution in [1.82, 2.24) is 9.88 Å². The molecule has 22 heavy (non-hydrogen) atoms. The molecule has 0 aliphatic heterocycles. The normalized spacial score (nSPS) is 12.0. The Morgan fingerprint density at radius 1 is 1.45 bits per heavy atom. The fraction of sp³-hybridized carbons (Fsp3) is 0.267. The minimum Gasteiger partial charge on any atom is -0.385 e. The van der Waals surface area contributed by atoms with Crippen molar-refractivity contribution in [3.8, 4) is 0 Å². The molecule has 1 aromatic heterocycles. The van der Waals surface area contributed by atoms with Crippen molar-refractivity contribution in [1.29, 1.82) is 0 Å². The molecule has 116 valence electrons. The summed E-state index contributed by atoms with van der Waals surface area (Å²) < 4.78 is 1.77. The van der Waals surface area contributed by atoms with E-state index in [4.69, 9.17) is 0 Å². The molecule has 1 heterocycles. The number of rotatable bonds is 5. The molecule has 7 heteroatoms.